The molecule has 0 saturated carbocycles. The van der Waals surface area contributed by atoms with E-state index in [1.165, 1.54) is 0 Å². The lowest BCUT2D eigenvalue weighted by Gasteiger charge is -2.23. The summed E-state index contributed by atoms with van der Waals surface area (Å²) in [5, 5.41) is 20.1. The van der Waals surface area contributed by atoms with Crippen LogP contribution in [-0.4, -0.2) is 22.2 Å². The lowest BCUT2D eigenvalue weighted by molar-refractivity contribution is 0.0651. The molecule has 34 heavy (non-hydrogen) atoms. The monoisotopic (exact) mass is 450 g/mol. The van der Waals surface area contributed by atoms with Crippen LogP contribution < -0.4 is 0 Å². The van der Waals surface area contributed by atoms with E-state index in [0.29, 0.717) is 16.7 Å². The van der Waals surface area contributed by atoms with Crippen LogP contribution in [0.5, 0.6) is 0 Å². The second kappa shape index (κ2) is 8.99. The van der Waals surface area contributed by atoms with Crippen LogP contribution in [0.3, 0.4) is 0 Å². The van der Waals surface area contributed by atoms with Crippen LogP contribution in [0.4, 0.5) is 0 Å². The number of carboxylic acids is 2. The highest BCUT2D eigenvalue weighted by Crippen LogP contribution is 2.44. The maximum Gasteiger partial charge on any atom is 0.337 e. The summed E-state index contributed by atoms with van der Waals surface area (Å²) >= 11 is 0. The number of aromatic carboxylic acids is 2. The standard InChI is InChI=1S/C30H26O4/c1-17-11-10-16-24(25(17)23-15-9-8-14-22(23)21-12-6-5-7-13-21)26-19(3)18(2)20(4)27(29(31)32)28(26)30(33)34/h5-16H,1-4H3,(H,31,32)(H,33,34). The molecule has 0 spiro atoms. The molecule has 0 aliphatic rings. The van der Waals surface area contributed by atoms with Gasteiger partial charge in [0.05, 0.1) is 11.1 Å². The minimum atomic E-state index is -1.25. The molecule has 0 saturated heterocycles. The van der Waals surface area contributed by atoms with E-state index >= 15 is 0 Å². The molecule has 4 nitrogen and oxygen atoms in total. The largest absolute Gasteiger partial charge is 0.478 e. The average Bonchev–Trinajstić information content (AvgIpc) is 2.82. The fourth-order valence-electron chi connectivity index (χ4n) is 4.78. The van der Waals surface area contributed by atoms with Gasteiger partial charge in [0, 0.05) is 5.56 Å². The molecule has 4 heteroatoms. The van der Waals surface area contributed by atoms with Crippen LogP contribution in [0.2, 0.25) is 0 Å². The number of aryl methyl sites for hydroxylation is 1. The zero-order valence-corrected chi connectivity index (χ0v) is 19.6. The summed E-state index contributed by atoms with van der Waals surface area (Å²) in [6.45, 7) is 7.38. The molecule has 4 rings (SSSR count). The third-order valence-electron chi connectivity index (χ3n) is 6.63. The SMILES string of the molecule is Cc1cccc(-c2c(C)c(C)c(C)c(C(=O)O)c2C(=O)O)c1-c1ccccc1-c1ccccc1. The van der Waals surface area contributed by atoms with E-state index < -0.39 is 11.9 Å². The quantitative estimate of drug-likeness (QED) is 0.334. The Morgan fingerprint density at radius 1 is 0.529 bits per heavy atom. The molecule has 0 fully saturated rings. The van der Waals surface area contributed by atoms with Crippen LogP contribution in [0.25, 0.3) is 33.4 Å². The number of carboxylic acid groups (broad SMARTS) is 2. The molecule has 4 aromatic carbocycles. The van der Waals surface area contributed by atoms with Gasteiger partial charge in [0.2, 0.25) is 0 Å². The van der Waals surface area contributed by atoms with Crippen molar-refractivity contribution in [1.82, 2.24) is 0 Å². The van der Waals surface area contributed by atoms with Crippen LogP contribution in [0.1, 0.15) is 43.0 Å². The van der Waals surface area contributed by atoms with Gasteiger partial charge in [-0.1, -0.05) is 72.8 Å². The van der Waals surface area contributed by atoms with E-state index in [2.05, 4.69) is 6.07 Å². The van der Waals surface area contributed by atoms with E-state index in [1.807, 2.05) is 87.5 Å². The molecule has 0 unspecified atom stereocenters. The van der Waals surface area contributed by atoms with Crippen LogP contribution in [-0.2, 0) is 0 Å². The summed E-state index contributed by atoms with van der Waals surface area (Å²) < 4.78 is 0. The van der Waals surface area contributed by atoms with E-state index in [1.54, 1.807) is 6.92 Å². The van der Waals surface area contributed by atoms with Gasteiger partial charge in [0.25, 0.3) is 0 Å². The van der Waals surface area contributed by atoms with Gasteiger partial charge in [-0.3, -0.25) is 0 Å². The molecule has 0 amide bonds. The molecule has 0 heterocycles. The Hall–Kier alpha value is -4.18. The minimum Gasteiger partial charge on any atom is -0.478 e. The summed E-state index contributed by atoms with van der Waals surface area (Å²) in [6.07, 6.45) is 0. The van der Waals surface area contributed by atoms with Crippen molar-refractivity contribution >= 4 is 11.9 Å². The first-order valence-electron chi connectivity index (χ1n) is 11.1. The highest BCUT2D eigenvalue weighted by Gasteiger charge is 2.29. The molecule has 170 valence electrons. The zero-order valence-electron chi connectivity index (χ0n) is 19.6. The van der Waals surface area contributed by atoms with Crippen molar-refractivity contribution < 1.29 is 19.8 Å². The van der Waals surface area contributed by atoms with E-state index in [9.17, 15) is 19.8 Å². The number of hydrogen-bond donors (Lipinski definition) is 2. The van der Waals surface area contributed by atoms with Gasteiger partial charge in [-0.2, -0.15) is 0 Å². The normalized spacial score (nSPS) is 10.8. The van der Waals surface area contributed by atoms with Crippen molar-refractivity contribution in [1.29, 1.82) is 0 Å². The Labute approximate surface area is 199 Å². The Balaban J connectivity index is 2.16. The number of hydrogen-bond acceptors (Lipinski definition) is 2. The van der Waals surface area contributed by atoms with Crippen LogP contribution in [0, 0.1) is 27.7 Å². The van der Waals surface area contributed by atoms with E-state index in [0.717, 1.165) is 38.9 Å². The van der Waals surface area contributed by atoms with Gasteiger partial charge in [-0.25, -0.2) is 9.59 Å². The molecule has 0 aliphatic heterocycles. The van der Waals surface area contributed by atoms with Crippen molar-refractivity contribution in [2.75, 3.05) is 0 Å². The second-order valence-corrected chi connectivity index (χ2v) is 8.52. The molecule has 0 aliphatic carbocycles. The van der Waals surface area contributed by atoms with Crippen molar-refractivity contribution in [3.05, 3.63) is 106 Å². The molecule has 4 aromatic rings. The average molecular weight is 451 g/mol. The Bertz CT molecular complexity index is 1430. The van der Waals surface area contributed by atoms with Crippen molar-refractivity contribution in [2.24, 2.45) is 0 Å². The highest BCUT2D eigenvalue weighted by atomic mass is 16.4. The predicted octanol–water partition coefficient (Wildman–Crippen LogP) is 7.32. The van der Waals surface area contributed by atoms with Gasteiger partial charge >= 0.3 is 11.9 Å². The highest BCUT2D eigenvalue weighted by molar-refractivity contribution is 6.10. The minimum absolute atomic E-state index is 0.158. The lowest BCUT2D eigenvalue weighted by Crippen LogP contribution is -2.15. The number of rotatable bonds is 5. The fraction of sp³-hybridized carbons (Fsp3) is 0.133. The maximum absolute atomic E-state index is 12.5. The third-order valence-corrected chi connectivity index (χ3v) is 6.63. The van der Waals surface area contributed by atoms with Gasteiger partial charge in [0.15, 0.2) is 0 Å². The Kier molecular flexibility index (Phi) is 6.08. The summed E-state index contributed by atoms with van der Waals surface area (Å²) in [4.78, 5) is 24.7. The van der Waals surface area contributed by atoms with Crippen LogP contribution >= 0.6 is 0 Å². The maximum atomic E-state index is 12.5. The van der Waals surface area contributed by atoms with Crippen molar-refractivity contribution in [2.45, 2.75) is 27.7 Å². The van der Waals surface area contributed by atoms with Gasteiger partial charge < -0.3 is 10.2 Å². The number of carbonyl (C=O) groups is 2. The summed E-state index contributed by atoms with van der Waals surface area (Å²) in [6, 6.07) is 23.8. The summed E-state index contributed by atoms with van der Waals surface area (Å²) in [5.74, 6) is -2.49. The Morgan fingerprint density at radius 2 is 1.09 bits per heavy atom. The zero-order chi connectivity index (χ0) is 24.6. The summed E-state index contributed by atoms with van der Waals surface area (Å²) in [5.41, 5.74) is 7.77. The van der Waals surface area contributed by atoms with E-state index in [-0.39, 0.29) is 11.1 Å². The van der Waals surface area contributed by atoms with Crippen LogP contribution in [0.15, 0.2) is 72.8 Å². The van der Waals surface area contributed by atoms with Gasteiger partial charge in [-0.15, -0.1) is 0 Å². The Morgan fingerprint density at radius 3 is 1.71 bits per heavy atom. The first-order chi connectivity index (χ1) is 16.2. The van der Waals surface area contributed by atoms with Gasteiger partial charge in [0.1, 0.15) is 0 Å². The lowest BCUT2D eigenvalue weighted by atomic mass is 9.80. The number of benzene rings is 4. The van der Waals surface area contributed by atoms with Crippen molar-refractivity contribution in [3.8, 4) is 33.4 Å². The third kappa shape index (κ3) is 3.77. The second-order valence-electron chi connectivity index (χ2n) is 8.52. The molecule has 0 aromatic heterocycles. The topological polar surface area (TPSA) is 74.6 Å². The first kappa shape index (κ1) is 23.0. The molecular weight excluding hydrogens is 424 g/mol. The predicted molar refractivity (Wildman–Crippen MR) is 136 cm³/mol. The van der Waals surface area contributed by atoms with Gasteiger partial charge in [-0.05, 0) is 77.8 Å². The molecule has 0 bridgehead atoms. The first-order valence-corrected chi connectivity index (χ1v) is 11.1. The summed E-state index contributed by atoms with van der Waals surface area (Å²) in [7, 11) is 0. The smallest absolute Gasteiger partial charge is 0.337 e. The molecule has 2 N–H and O–H groups in total. The fourth-order valence-corrected chi connectivity index (χ4v) is 4.78. The molecular formula is C30H26O4. The van der Waals surface area contributed by atoms with Crippen molar-refractivity contribution in [3.63, 3.8) is 0 Å². The molecule has 0 atom stereocenters. The molecule has 0 radical (unpaired) electrons. The van der Waals surface area contributed by atoms with E-state index in [4.69, 9.17) is 0 Å².